The number of anilines is 1. The number of halogens is 1. The normalized spacial score (nSPS) is 14.8. The van der Waals surface area contributed by atoms with Crippen molar-refractivity contribution in [3.05, 3.63) is 48.0 Å². The molecule has 1 saturated heterocycles. The van der Waals surface area contributed by atoms with Crippen molar-refractivity contribution in [3.8, 4) is 0 Å². The van der Waals surface area contributed by atoms with Crippen LogP contribution in [0, 0.1) is 5.82 Å². The van der Waals surface area contributed by atoms with Gasteiger partial charge in [0.05, 0.1) is 11.8 Å². The van der Waals surface area contributed by atoms with Crippen LogP contribution in [-0.4, -0.2) is 53.1 Å². The molecular formula is C16H17FN4O2. The van der Waals surface area contributed by atoms with Crippen LogP contribution in [0.25, 0.3) is 0 Å². The van der Waals surface area contributed by atoms with Crippen molar-refractivity contribution >= 4 is 17.9 Å². The molecule has 0 spiro atoms. The molecule has 0 N–H and O–H groups in total. The maximum Gasteiger partial charge on any atom is 0.244 e. The second-order valence-electron chi connectivity index (χ2n) is 5.43. The monoisotopic (exact) mass is 316 g/mol. The average Bonchev–Trinajstić information content (AvgIpc) is 3.03. The molecule has 0 saturated carbocycles. The number of hydrogen-bond acceptors (Lipinski definition) is 4. The Bertz CT molecular complexity index is 690. The third-order valence-electron chi connectivity index (χ3n) is 3.91. The molecule has 0 bridgehead atoms. The van der Waals surface area contributed by atoms with Crippen LogP contribution in [0.4, 0.5) is 10.1 Å². The van der Waals surface area contributed by atoms with Gasteiger partial charge in [0.25, 0.3) is 0 Å². The van der Waals surface area contributed by atoms with E-state index in [0.29, 0.717) is 38.0 Å². The summed E-state index contributed by atoms with van der Waals surface area (Å²) in [5, 5.41) is 3.98. The zero-order valence-corrected chi connectivity index (χ0v) is 12.6. The Morgan fingerprint density at radius 3 is 2.48 bits per heavy atom. The summed E-state index contributed by atoms with van der Waals surface area (Å²) >= 11 is 0. The first-order valence-corrected chi connectivity index (χ1v) is 7.41. The number of piperazine rings is 1. The molecule has 1 aliphatic rings. The van der Waals surface area contributed by atoms with Gasteiger partial charge < -0.3 is 9.80 Å². The summed E-state index contributed by atoms with van der Waals surface area (Å²) in [5.41, 5.74) is 1.42. The van der Waals surface area contributed by atoms with Gasteiger partial charge in [0, 0.05) is 38.1 Å². The summed E-state index contributed by atoms with van der Waals surface area (Å²) < 4.78 is 14.4. The molecule has 1 amide bonds. The molecule has 2 heterocycles. The molecule has 0 aliphatic carbocycles. The largest absolute Gasteiger partial charge is 0.368 e. The molecular weight excluding hydrogens is 299 g/mol. The summed E-state index contributed by atoms with van der Waals surface area (Å²) in [6.45, 7) is 2.76. The van der Waals surface area contributed by atoms with Gasteiger partial charge in [-0.2, -0.15) is 5.10 Å². The maximum absolute atomic E-state index is 13.0. The molecule has 6 nitrogen and oxygen atoms in total. The number of hydrogen-bond donors (Lipinski definition) is 0. The molecule has 0 radical (unpaired) electrons. The van der Waals surface area contributed by atoms with Gasteiger partial charge in [-0.1, -0.05) is 0 Å². The maximum atomic E-state index is 13.0. The zero-order valence-electron chi connectivity index (χ0n) is 12.6. The number of nitrogens with zero attached hydrogens (tertiary/aromatic N) is 4. The molecule has 1 aromatic carbocycles. The SMILES string of the molecule is O=Cc1cnn(CC(=O)N2CCN(c3ccc(F)cc3)CC2)c1. The summed E-state index contributed by atoms with van der Waals surface area (Å²) in [5.74, 6) is -0.277. The van der Waals surface area contributed by atoms with Crippen molar-refractivity contribution in [2.45, 2.75) is 6.54 Å². The average molecular weight is 316 g/mol. The van der Waals surface area contributed by atoms with Crippen molar-refractivity contribution in [2.24, 2.45) is 0 Å². The highest BCUT2D eigenvalue weighted by molar-refractivity contribution is 5.77. The lowest BCUT2D eigenvalue weighted by atomic mass is 10.2. The minimum Gasteiger partial charge on any atom is -0.368 e. The minimum atomic E-state index is -0.253. The Hall–Kier alpha value is -2.70. The smallest absolute Gasteiger partial charge is 0.244 e. The molecule has 1 fully saturated rings. The summed E-state index contributed by atoms with van der Waals surface area (Å²) in [7, 11) is 0. The van der Waals surface area contributed by atoms with Crippen LogP contribution < -0.4 is 4.90 Å². The van der Waals surface area contributed by atoms with E-state index >= 15 is 0 Å². The fourth-order valence-corrected chi connectivity index (χ4v) is 2.63. The highest BCUT2D eigenvalue weighted by Gasteiger charge is 2.21. The second kappa shape index (κ2) is 6.60. The Labute approximate surface area is 133 Å². The van der Waals surface area contributed by atoms with Crippen molar-refractivity contribution in [3.63, 3.8) is 0 Å². The van der Waals surface area contributed by atoms with Gasteiger partial charge in [-0.3, -0.25) is 14.3 Å². The number of aromatic nitrogens is 2. The number of amides is 1. The van der Waals surface area contributed by atoms with Gasteiger partial charge in [-0.05, 0) is 24.3 Å². The van der Waals surface area contributed by atoms with Crippen molar-refractivity contribution < 1.29 is 14.0 Å². The first kappa shape index (κ1) is 15.2. The summed E-state index contributed by atoms with van der Waals surface area (Å²) in [4.78, 5) is 26.8. The van der Waals surface area contributed by atoms with Crippen LogP contribution >= 0.6 is 0 Å². The Morgan fingerprint density at radius 1 is 1.17 bits per heavy atom. The Kier molecular flexibility index (Phi) is 4.36. The number of aldehydes is 1. The van der Waals surface area contributed by atoms with E-state index < -0.39 is 0 Å². The zero-order chi connectivity index (χ0) is 16.2. The third-order valence-corrected chi connectivity index (χ3v) is 3.91. The van der Waals surface area contributed by atoms with Gasteiger partial charge in [-0.15, -0.1) is 0 Å². The molecule has 0 atom stereocenters. The predicted molar refractivity (Wildman–Crippen MR) is 82.8 cm³/mol. The lowest BCUT2D eigenvalue weighted by Crippen LogP contribution is -2.49. The molecule has 23 heavy (non-hydrogen) atoms. The van der Waals surface area contributed by atoms with E-state index in [0.717, 1.165) is 5.69 Å². The van der Waals surface area contributed by atoms with Crippen LogP contribution in [0.1, 0.15) is 10.4 Å². The first-order chi connectivity index (χ1) is 11.2. The standard InChI is InChI=1S/C16H17FN4O2/c17-14-1-3-15(4-2-14)19-5-7-20(8-6-19)16(23)11-21-10-13(12-22)9-18-21/h1-4,9-10,12H,5-8,11H2. The lowest BCUT2D eigenvalue weighted by Gasteiger charge is -2.36. The van der Waals surface area contributed by atoms with Gasteiger partial charge in [0.1, 0.15) is 12.4 Å². The topological polar surface area (TPSA) is 58.4 Å². The third kappa shape index (κ3) is 3.56. The number of carbonyl (C=O) groups excluding carboxylic acids is 2. The number of rotatable bonds is 4. The summed E-state index contributed by atoms with van der Waals surface area (Å²) in [6, 6.07) is 6.37. The van der Waals surface area contributed by atoms with E-state index in [2.05, 4.69) is 10.00 Å². The van der Waals surface area contributed by atoms with E-state index in [1.165, 1.54) is 23.0 Å². The lowest BCUT2D eigenvalue weighted by molar-refractivity contribution is -0.132. The molecule has 7 heteroatoms. The van der Waals surface area contributed by atoms with Crippen LogP contribution in [0.2, 0.25) is 0 Å². The van der Waals surface area contributed by atoms with E-state index in [1.807, 2.05) is 0 Å². The molecule has 1 aliphatic heterocycles. The minimum absolute atomic E-state index is 0.0238. The van der Waals surface area contributed by atoms with Crippen LogP contribution in [0.3, 0.4) is 0 Å². The van der Waals surface area contributed by atoms with E-state index in [4.69, 9.17) is 0 Å². The van der Waals surface area contributed by atoms with E-state index in [9.17, 15) is 14.0 Å². The molecule has 0 unspecified atom stereocenters. The van der Waals surface area contributed by atoms with Crippen LogP contribution in [-0.2, 0) is 11.3 Å². The van der Waals surface area contributed by atoms with E-state index in [-0.39, 0.29) is 18.3 Å². The van der Waals surface area contributed by atoms with Gasteiger partial charge >= 0.3 is 0 Å². The Morgan fingerprint density at radius 2 is 1.87 bits per heavy atom. The Balaban J connectivity index is 1.54. The highest BCUT2D eigenvalue weighted by atomic mass is 19.1. The van der Waals surface area contributed by atoms with Gasteiger partial charge in [0.2, 0.25) is 5.91 Å². The second-order valence-corrected chi connectivity index (χ2v) is 5.43. The molecule has 3 rings (SSSR count). The van der Waals surface area contributed by atoms with Crippen molar-refractivity contribution in [2.75, 3.05) is 31.1 Å². The van der Waals surface area contributed by atoms with E-state index in [1.54, 1.807) is 23.2 Å². The van der Waals surface area contributed by atoms with Gasteiger partial charge in [-0.25, -0.2) is 4.39 Å². The molecule has 120 valence electrons. The predicted octanol–water partition coefficient (Wildman–Crippen LogP) is 1.18. The fraction of sp³-hybridized carbons (Fsp3) is 0.312. The number of benzene rings is 1. The van der Waals surface area contributed by atoms with Gasteiger partial charge in [0.15, 0.2) is 6.29 Å². The summed E-state index contributed by atoms with van der Waals surface area (Å²) in [6.07, 6.45) is 3.70. The van der Waals surface area contributed by atoms with Crippen molar-refractivity contribution in [1.29, 1.82) is 0 Å². The first-order valence-electron chi connectivity index (χ1n) is 7.41. The highest BCUT2D eigenvalue weighted by Crippen LogP contribution is 2.17. The van der Waals surface area contributed by atoms with Crippen LogP contribution in [0.15, 0.2) is 36.7 Å². The van der Waals surface area contributed by atoms with Crippen LogP contribution in [0.5, 0.6) is 0 Å². The molecule has 2 aromatic rings. The number of carbonyl (C=O) groups is 2. The molecule has 1 aromatic heterocycles. The van der Waals surface area contributed by atoms with Crippen molar-refractivity contribution in [1.82, 2.24) is 14.7 Å². The quantitative estimate of drug-likeness (QED) is 0.795. The fourth-order valence-electron chi connectivity index (χ4n) is 2.63.